The molecule has 0 spiro atoms. The van der Waals surface area contributed by atoms with E-state index in [1.165, 1.54) is 0 Å². The van der Waals surface area contributed by atoms with Crippen LogP contribution < -0.4 is 5.32 Å². The minimum atomic E-state index is -0.492. The topological polar surface area (TPSA) is 52.5 Å². The molecule has 0 saturated carbocycles. The Hall–Kier alpha value is -1.55. The van der Waals surface area contributed by atoms with Crippen LogP contribution in [0.1, 0.15) is 18.1 Å². The van der Waals surface area contributed by atoms with Gasteiger partial charge in [-0.3, -0.25) is 0 Å². The number of hydrogen-bond donors (Lipinski definition) is 3. The Kier molecular flexibility index (Phi) is 5.62. The van der Waals surface area contributed by atoms with Gasteiger partial charge in [-0.15, -0.1) is 0 Å². The van der Waals surface area contributed by atoms with E-state index in [1.54, 1.807) is 12.1 Å². The monoisotopic (exact) mass is 305 g/mol. The zero-order valence-electron chi connectivity index (χ0n) is 12.0. The van der Waals surface area contributed by atoms with Crippen molar-refractivity contribution in [1.82, 2.24) is 5.32 Å². The van der Waals surface area contributed by atoms with Crippen LogP contribution in [0.25, 0.3) is 0 Å². The standard InChI is InChI=1S/C17H20ClNO2/c1-12(16(20)10-13-6-3-2-4-7-13)19-11-14-8-5-9-15(18)17(14)21/h2-9,12,16,19-21H,10-11H2,1H3. The smallest absolute Gasteiger partial charge is 0.138 e. The van der Waals surface area contributed by atoms with Gasteiger partial charge in [-0.2, -0.15) is 0 Å². The van der Waals surface area contributed by atoms with Crippen molar-refractivity contribution in [1.29, 1.82) is 0 Å². The van der Waals surface area contributed by atoms with Crippen LogP contribution in [0.3, 0.4) is 0 Å². The summed E-state index contributed by atoms with van der Waals surface area (Å²) in [6.07, 6.45) is 0.102. The summed E-state index contributed by atoms with van der Waals surface area (Å²) < 4.78 is 0. The summed E-state index contributed by atoms with van der Waals surface area (Å²) in [5.41, 5.74) is 1.82. The first-order valence-electron chi connectivity index (χ1n) is 6.99. The number of benzene rings is 2. The lowest BCUT2D eigenvalue weighted by molar-refractivity contribution is 0.134. The second-order valence-corrected chi connectivity index (χ2v) is 5.58. The number of phenols is 1. The van der Waals surface area contributed by atoms with Crippen LogP contribution in [-0.2, 0) is 13.0 Å². The van der Waals surface area contributed by atoms with E-state index in [4.69, 9.17) is 11.6 Å². The molecule has 0 aliphatic heterocycles. The fourth-order valence-corrected chi connectivity index (χ4v) is 2.34. The molecule has 112 valence electrons. The summed E-state index contributed by atoms with van der Waals surface area (Å²) in [7, 11) is 0. The van der Waals surface area contributed by atoms with E-state index in [2.05, 4.69) is 5.32 Å². The number of aliphatic hydroxyl groups is 1. The molecule has 2 aromatic rings. The van der Waals surface area contributed by atoms with Crippen LogP contribution in [-0.4, -0.2) is 22.4 Å². The fraction of sp³-hybridized carbons (Fsp3) is 0.294. The molecule has 0 amide bonds. The van der Waals surface area contributed by atoms with Crippen LogP contribution in [0.5, 0.6) is 5.75 Å². The number of para-hydroxylation sites is 1. The van der Waals surface area contributed by atoms with Crippen LogP contribution in [0.15, 0.2) is 48.5 Å². The Labute approximate surface area is 130 Å². The predicted octanol–water partition coefficient (Wildman–Crippen LogP) is 3.13. The first-order chi connectivity index (χ1) is 10.1. The van der Waals surface area contributed by atoms with Crippen molar-refractivity contribution in [2.24, 2.45) is 0 Å². The molecule has 0 aliphatic carbocycles. The molecule has 0 aromatic heterocycles. The van der Waals surface area contributed by atoms with Gasteiger partial charge in [-0.05, 0) is 25.0 Å². The Morgan fingerprint density at radius 3 is 2.52 bits per heavy atom. The van der Waals surface area contributed by atoms with Gasteiger partial charge in [0, 0.05) is 18.2 Å². The van der Waals surface area contributed by atoms with E-state index in [-0.39, 0.29) is 11.8 Å². The molecule has 3 N–H and O–H groups in total. The van der Waals surface area contributed by atoms with E-state index >= 15 is 0 Å². The van der Waals surface area contributed by atoms with Crippen molar-refractivity contribution in [3.05, 3.63) is 64.7 Å². The highest BCUT2D eigenvalue weighted by molar-refractivity contribution is 6.32. The van der Waals surface area contributed by atoms with Gasteiger partial charge in [-0.1, -0.05) is 54.1 Å². The van der Waals surface area contributed by atoms with Crippen LogP contribution >= 0.6 is 11.6 Å². The maximum Gasteiger partial charge on any atom is 0.138 e. The highest BCUT2D eigenvalue weighted by Gasteiger charge is 2.15. The third-order valence-corrected chi connectivity index (χ3v) is 3.85. The third-order valence-electron chi connectivity index (χ3n) is 3.55. The summed E-state index contributed by atoms with van der Waals surface area (Å²) >= 11 is 5.87. The summed E-state index contributed by atoms with van der Waals surface area (Å²) in [6, 6.07) is 15.0. The van der Waals surface area contributed by atoms with E-state index in [9.17, 15) is 10.2 Å². The summed E-state index contributed by atoms with van der Waals surface area (Å²) in [6.45, 7) is 2.38. The van der Waals surface area contributed by atoms with Gasteiger partial charge in [-0.25, -0.2) is 0 Å². The van der Waals surface area contributed by atoms with Crippen LogP contribution in [0, 0.1) is 0 Å². The quantitative estimate of drug-likeness (QED) is 0.768. The lowest BCUT2D eigenvalue weighted by Crippen LogP contribution is -2.38. The Bertz CT molecular complexity index is 574. The maximum atomic E-state index is 10.2. The number of phenolic OH excluding ortho intramolecular Hbond substituents is 1. The summed E-state index contributed by atoms with van der Waals surface area (Å²) in [4.78, 5) is 0. The Morgan fingerprint density at radius 1 is 1.10 bits per heavy atom. The number of rotatable bonds is 6. The van der Waals surface area contributed by atoms with E-state index in [0.717, 1.165) is 11.1 Å². The first-order valence-corrected chi connectivity index (χ1v) is 7.37. The van der Waals surface area contributed by atoms with Crippen molar-refractivity contribution in [3.63, 3.8) is 0 Å². The van der Waals surface area contributed by atoms with E-state index in [0.29, 0.717) is 18.0 Å². The third kappa shape index (κ3) is 4.46. The molecule has 0 aliphatic rings. The van der Waals surface area contributed by atoms with Crippen molar-refractivity contribution in [2.75, 3.05) is 0 Å². The molecule has 3 nitrogen and oxygen atoms in total. The number of halogens is 1. The Morgan fingerprint density at radius 2 is 1.81 bits per heavy atom. The highest BCUT2D eigenvalue weighted by Crippen LogP contribution is 2.26. The number of nitrogens with one attached hydrogen (secondary N) is 1. The SMILES string of the molecule is CC(NCc1cccc(Cl)c1O)C(O)Cc1ccccc1. The van der Waals surface area contributed by atoms with Gasteiger partial charge in [0.05, 0.1) is 11.1 Å². The van der Waals surface area contributed by atoms with Gasteiger partial charge < -0.3 is 15.5 Å². The molecule has 2 rings (SSSR count). The molecule has 0 fully saturated rings. The molecule has 2 aromatic carbocycles. The molecule has 4 heteroatoms. The molecule has 0 saturated heterocycles. The molecule has 21 heavy (non-hydrogen) atoms. The second-order valence-electron chi connectivity index (χ2n) is 5.17. The van der Waals surface area contributed by atoms with Gasteiger partial charge in [0.25, 0.3) is 0 Å². The lowest BCUT2D eigenvalue weighted by atomic mass is 10.0. The molecular weight excluding hydrogens is 286 g/mol. The van der Waals surface area contributed by atoms with Gasteiger partial charge in [0.1, 0.15) is 5.75 Å². The fourth-order valence-electron chi connectivity index (χ4n) is 2.14. The van der Waals surface area contributed by atoms with Crippen molar-refractivity contribution in [2.45, 2.75) is 32.0 Å². The zero-order valence-corrected chi connectivity index (χ0v) is 12.7. The number of aliphatic hydroxyl groups excluding tert-OH is 1. The second kappa shape index (κ2) is 7.46. The van der Waals surface area contributed by atoms with E-state index in [1.807, 2.05) is 43.3 Å². The average molecular weight is 306 g/mol. The predicted molar refractivity (Wildman–Crippen MR) is 85.6 cm³/mol. The molecule has 0 bridgehead atoms. The van der Waals surface area contributed by atoms with Crippen molar-refractivity contribution < 1.29 is 10.2 Å². The molecule has 2 unspecified atom stereocenters. The molecule has 0 radical (unpaired) electrons. The average Bonchev–Trinajstić information content (AvgIpc) is 2.49. The normalized spacial score (nSPS) is 13.9. The summed E-state index contributed by atoms with van der Waals surface area (Å²) in [5.74, 6) is 0.0939. The van der Waals surface area contributed by atoms with Crippen molar-refractivity contribution in [3.8, 4) is 5.75 Å². The molecular formula is C17H20ClNO2. The van der Waals surface area contributed by atoms with Crippen molar-refractivity contribution >= 4 is 11.6 Å². The largest absolute Gasteiger partial charge is 0.506 e. The number of hydrogen-bond acceptors (Lipinski definition) is 3. The lowest BCUT2D eigenvalue weighted by Gasteiger charge is -2.21. The van der Waals surface area contributed by atoms with E-state index < -0.39 is 6.10 Å². The first kappa shape index (κ1) is 15.8. The summed E-state index contributed by atoms with van der Waals surface area (Å²) in [5, 5.41) is 23.6. The number of aromatic hydroxyl groups is 1. The minimum Gasteiger partial charge on any atom is -0.506 e. The molecule has 0 heterocycles. The highest BCUT2D eigenvalue weighted by atomic mass is 35.5. The zero-order chi connectivity index (χ0) is 15.2. The van der Waals surface area contributed by atoms with Gasteiger partial charge >= 0.3 is 0 Å². The van der Waals surface area contributed by atoms with Gasteiger partial charge in [0.2, 0.25) is 0 Å². The minimum absolute atomic E-state index is 0.0939. The Balaban J connectivity index is 1.89. The van der Waals surface area contributed by atoms with Gasteiger partial charge in [0.15, 0.2) is 0 Å². The van der Waals surface area contributed by atoms with Crippen LogP contribution in [0.2, 0.25) is 5.02 Å². The molecule has 2 atom stereocenters. The maximum absolute atomic E-state index is 10.2. The van der Waals surface area contributed by atoms with Crippen LogP contribution in [0.4, 0.5) is 0 Å².